The Labute approximate surface area is 189 Å². The number of nitrogens with zero attached hydrogens (tertiary/aromatic N) is 2. The van der Waals surface area contributed by atoms with E-state index in [4.69, 9.17) is 9.15 Å². The van der Waals surface area contributed by atoms with Crippen molar-refractivity contribution in [1.82, 2.24) is 10.2 Å². The predicted molar refractivity (Wildman–Crippen MR) is 122 cm³/mol. The lowest BCUT2D eigenvalue weighted by Gasteiger charge is -2.38. The van der Waals surface area contributed by atoms with E-state index in [1.807, 2.05) is 35.2 Å². The minimum atomic E-state index is -0.218. The number of anilines is 1. The topological polar surface area (TPSA) is 75.0 Å². The summed E-state index contributed by atoms with van der Waals surface area (Å²) in [5, 5.41) is 2.95. The van der Waals surface area contributed by atoms with Crippen LogP contribution in [0.4, 0.5) is 5.69 Å². The van der Waals surface area contributed by atoms with Gasteiger partial charge in [-0.05, 0) is 42.5 Å². The Hall–Kier alpha value is -2.96. The SMILES string of the molecule is COc1ccccc1N1CCN(C(=O)CC2(CC(=O)NCc3ccco3)CCCC2)CC1. The van der Waals surface area contributed by atoms with E-state index in [0.29, 0.717) is 32.5 Å². The van der Waals surface area contributed by atoms with Gasteiger partial charge in [-0.1, -0.05) is 25.0 Å². The second-order valence-corrected chi connectivity index (χ2v) is 8.96. The Bertz CT molecular complexity index is 898. The monoisotopic (exact) mass is 439 g/mol. The second kappa shape index (κ2) is 10.1. The van der Waals surface area contributed by atoms with Crippen molar-refractivity contribution in [2.24, 2.45) is 5.41 Å². The Morgan fingerprint density at radius 3 is 2.47 bits per heavy atom. The van der Waals surface area contributed by atoms with Gasteiger partial charge in [0.1, 0.15) is 11.5 Å². The number of benzene rings is 1. The lowest BCUT2D eigenvalue weighted by molar-refractivity contribution is -0.135. The van der Waals surface area contributed by atoms with E-state index in [2.05, 4.69) is 16.3 Å². The Kier molecular flexibility index (Phi) is 7.02. The molecule has 1 aromatic carbocycles. The molecule has 1 saturated heterocycles. The predicted octanol–water partition coefficient (Wildman–Crippen LogP) is 3.59. The molecule has 0 bridgehead atoms. The van der Waals surface area contributed by atoms with Crippen LogP contribution in [-0.4, -0.2) is 50.0 Å². The number of furan rings is 1. The molecule has 0 atom stereocenters. The van der Waals surface area contributed by atoms with Crippen LogP contribution in [-0.2, 0) is 16.1 Å². The van der Waals surface area contributed by atoms with Crippen molar-refractivity contribution in [1.29, 1.82) is 0 Å². The van der Waals surface area contributed by atoms with E-state index in [-0.39, 0.29) is 17.2 Å². The summed E-state index contributed by atoms with van der Waals surface area (Å²) >= 11 is 0. The van der Waals surface area contributed by atoms with Crippen LogP contribution >= 0.6 is 0 Å². The highest BCUT2D eigenvalue weighted by Gasteiger charge is 2.39. The van der Waals surface area contributed by atoms with E-state index in [9.17, 15) is 9.59 Å². The minimum absolute atomic E-state index is 0.00269. The van der Waals surface area contributed by atoms with Crippen LogP contribution in [0.5, 0.6) is 5.75 Å². The summed E-state index contributed by atoms with van der Waals surface area (Å²) in [6.45, 7) is 3.33. The molecule has 2 fully saturated rings. The summed E-state index contributed by atoms with van der Waals surface area (Å²) in [6.07, 6.45) is 6.51. The fourth-order valence-corrected chi connectivity index (χ4v) is 5.06. The fourth-order valence-electron chi connectivity index (χ4n) is 5.06. The maximum atomic E-state index is 13.2. The quantitative estimate of drug-likeness (QED) is 0.680. The first-order valence-electron chi connectivity index (χ1n) is 11.5. The summed E-state index contributed by atoms with van der Waals surface area (Å²) in [4.78, 5) is 30.0. The number of carbonyl (C=O) groups excluding carboxylic acids is 2. The van der Waals surface area contributed by atoms with Gasteiger partial charge in [-0.3, -0.25) is 9.59 Å². The highest BCUT2D eigenvalue weighted by Crippen LogP contribution is 2.44. The molecule has 0 unspecified atom stereocenters. The first kappa shape index (κ1) is 22.2. The van der Waals surface area contributed by atoms with Crippen molar-refractivity contribution in [2.45, 2.75) is 45.1 Å². The van der Waals surface area contributed by atoms with Gasteiger partial charge in [-0.2, -0.15) is 0 Å². The third-order valence-electron chi connectivity index (χ3n) is 6.82. The summed E-state index contributed by atoms with van der Waals surface area (Å²) < 4.78 is 10.8. The average molecular weight is 440 g/mol. The van der Waals surface area contributed by atoms with Gasteiger partial charge < -0.3 is 24.3 Å². The van der Waals surface area contributed by atoms with Crippen molar-refractivity contribution in [3.05, 3.63) is 48.4 Å². The van der Waals surface area contributed by atoms with Crippen molar-refractivity contribution < 1.29 is 18.7 Å². The van der Waals surface area contributed by atoms with Gasteiger partial charge in [0.15, 0.2) is 0 Å². The number of nitrogens with one attached hydrogen (secondary N) is 1. The number of ether oxygens (including phenoxy) is 1. The number of para-hydroxylation sites is 2. The molecule has 7 heteroatoms. The summed E-state index contributed by atoms with van der Waals surface area (Å²) in [5.74, 6) is 1.77. The Morgan fingerprint density at radius 1 is 1.03 bits per heavy atom. The molecule has 2 heterocycles. The van der Waals surface area contributed by atoms with Crippen molar-refractivity contribution in [3.8, 4) is 5.75 Å². The van der Waals surface area contributed by atoms with Gasteiger partial charge in [0.05, 0.1) is 25.6 Å². The lowest BCUT2D eigenvalue weighted by atomic mass is 9.78. The molecule has 1 N–H and O–H groups in total. The molecule has 32 heavy (non-hydrogen) atoms. The zero-order chi connectivity index (χ0) is 22.4. The normalized spacial score (nSPS) is 17.9. The van der Waals surface area contributed by atoms with Gasteiger partial charge in [0.25, 0.3) is 0 Å². The van der Waals surface area contributed by atoms with Crippen molar-refractivity contribution in [3.63, 3.8) is 0 Å². The number of piperazine rings is 1. The zero-order valence-electron chi connectivity index (χ0n) is 18.8. The molecule has 1 aromatic heterocycles. The molecule has 2 aliphatic rings. The molecule has 172 valence electrons. The molecule has 0 radical (unpaired) electrons. The number of methoxy groups -OCH3 is 1. The van der Waals surface area contributed by atoms with E-state index >= 15 is 0 Å². The Balaban J connectivity index is 1.31. The molecule has 4 rings (SSSR count). The molecule has 1 aliphatic heterocycles. The molecule has 0 spiro atoms. The van der Waals surface area contributed by atoms with Crippen LogP contribution in [0.15, 0.2) is 47.1 Å². The number of amides is 2. The zero-order valence-corrected chi connectivity index (χ0v) is 18.8. The maximum absolute atomic E-state index is 13.2. The first-order chi connectivity index (χ1) is 15.6. The van der Waals surface area contributed by atoms with Gasteiger partial charge in [-0.15, -0.1) is 0 Å². The Morgan fingerprint density at radius 2 is 1.78 bits per heavy atom. The molecule has 1 aliphatic carbocycles. The highest BCUT2D eigenvalue weighted by molar-refractivity contribution is 5.80. The molecule has 7 nitrogen and oxygen atoms in total. The van der Waals surface area contributed by atoms with E-state index in [0.717, 1.165) is 56.0 Å². The summed E-state index contributed by atoms with van der Waals surface area (Å²) in [5.41, 5.74) is 0.854. The van der Waals surface area contributed by atoms with Crippen LogP contribution in [0.1, 0.15) is 44.3 Å². The number of carbonyl (C=O) groups is 2. The number of hydrogen-bond donors (Lipinski definition) is 1. The van der Waals surface area contributed by atoms with Crippen LogP contribution in [0.25, 0.3) is 0 Å². The highest BCUT2D eigenvalue weighted by atomic mass is 16.5. The van der Waals surface area contributed by atoms with E-state index in [1.54, 1.807) is 13.4 Å². The summed E-state index contributed by atoms with van der Waals surface area (Å²) in [6, 6.07) is 11.7. The minimum Gasteiger partial charge on any atom is -0.495 e. The number of rotatable bonds is 8. The van der Waals surface area contributed by atoms with Crippen LogP contribution in [0, 0.1) is 5.41 Å². The van der Waals surface area contributed by atoms with Crippen molar-refractivity contribution >= 4 is 17.5 Å². The van der Waals surface area contributed by atoms with Crippen molar-refractivity contribution in [2.75, 3.05) is 38.2 Å². The first-order valence-corrected chi connectivity index (χ1v) is 11.5. The van der Waals surface area contributed by atoms with Gasteiger partial charge in [0, 0.05) is 39.0 Å². The fraction of sp³-hybridized carbons (Fsp3) is 0.520. The van der Waals surface area contributed by atoms with Gasteiger partial charge in [0.2, 0.25) is 11.8 Å². The third-order valence-corrected chi connectivity index (χ3v) is 6.82. The smallest absolute Gasteiger partial charge is 0.223 e. The van der Waals surface area contributed by atoms with E-state index < -0.39 is 0 Å². The van der Waals surface area contributed by atoms with Crippen LogP contribution < -0.4 is 15.0 Å². The number of hydrogen-bond acceptors (Lipinski definition) is 5. The second-order valence-electron chi connectivity index (χ2n) is 8.96. The molecular formula is C25H33N3O4. The van der Waals surface area contributed by atoms with E-state index in [1.165, 1.54) is 0 Å². The lowest BCUT2D eigenvalue weighted by Crippen LogP contribution is -2.50. The largest absolute Gasteiger partial charge is 0.495 e. The van der Waals surface area contributed by atoms with Crippen LogP contribution in [0.2, 0.25) is 0 Å². The third kappa shape index (κ3) is 5.26. The average Bonchev–Trinajstić information content (AvgIpc) is 3.50. The van der Waals surface area contributed by atoms with Crippen LogP contribution in [0.3, 0.4) is 0 Å². The molecule has 2 aromatic rings. The van der Waals surface area contributed by atoms with Gasteiger partial charge >= 0.3 is 0 Å². The maximum Gasteiger partial charge on any atom is 0.223 e. The summed E-state index contributed by atoms with van der Waals surface area (Å²) in [7, 11) is 1.68. The van der Waals surface area contributed by atoms with Gasteiger partial charge in [-0.25, -0.2) is 0 Å². The molecular weight excluding hydrogens is 406 g/mol. The molecule has 2 amide bonds. The standard InChI is InChI=1S/C25H33N3O4/c1-31-22-9-3-2-8-21(22)27-12-14-28(15-13-27)24(30)18-25(10-4-5-11-25)17-23(29)26-19-20-7-6-16-32-20/h2-3,6-9,16H,4-5,10-15,17-19H2,1H3,(H,26,29). The molecule has 1 saturated carbocycles.